The number of hydrogen-bond acceptors (Lipinski definition) is 4. The number of aliphatic hydroxyl groups is 1. The van der Waals surface area contributed by atoms with E-state index >= 15 is 0 Å². The first-order valence-electron chi connectivity index (χ1n) is 9.65. The Balaban J connectivity index is 0.000000502. The second-order valence-corrected chi connectivity index (χ2v) is 8.62. The molecule has 0 saturated carbocycles. The molecule has 0 aliphatic carbocycles. The summed E-state index contributed by atoms with van der Waals surface area (Å²) < 4.78 is 32.0. The molecule has 0 heterocycles. The van der Waals surface area contributed by atoms with Crippen LogP contribution in [0.2, 0.25) is 0 Å². The topological polar surface area (TPSA) is 77.4 Å². The van der Waals surface area contributed by atoms with E-state index in [-0.39, 0.29) is 4.90 Å². The van der Waals surface area contributed by atoms with Gasteiger partial charge in [0.2, 0.25) is 0 Å². The van der Waals surface area contributed by atoms with Gasteiger partial charge in [0.05, 0.1) is 25.0 Å². The summed E-state index contributed by atoms with van der Waals surface area (Å²) in [4.78, 5) is -0.178. The predicted molar refractivity (Wildman–Crippen MR) is 106 cm³/mol. The summed E-state index contributed by atoms with van der Waals surface area (Å²) in [6.45, 7) is 8.86. The molecule has 152 valence electrons. The van der Waals surface area contributed by atoms with Crippen LogP contribution >= 0.6 is 0 Å². The van der Waals surface area contributed by atoms with Gasteiger partial charge in [-0.2, -0.15) is 0 Å². The lowest BCUT2D eigenvalue weighted by atomic mass is 10.1. The normalized spacial score (nSPS) is 13.6. The molecule has 0 radical (unpaired) electrons. The molecule has 1 N–H and O–H groups in total. The van der Waals surface area contributed by atoms with E-state index in [2.05, 4.69) is 20.9 Å². The number of aliphatic hydroxyl groups excluding tert-OH is 1. The van der Waals surface area contributed by atoms with Crippen molar-refractivity contribution < 1.29 is 22.6 Å². The number of benzene rings is 1. The maximum Gasteiger partial charge on any atom is 0.180 e. The minimum Gasteiger partial charge on any atom is -0.744 e. The van der Waals surface area contributed by atoms with Gasteiger partial charge in [0.25, 0.3) is 0 Å². The van der Waals surface area contributed by atoms with Gasteiger partial charge in [-0.25, -0.2) is 8.42 Å². The first kappa shape index (κ1) is 25.1. The van der Waals surface area contributed by atoms with E-state index in [1.54, 1.807) is 12.1 Å². The molecule has 0 aliphatic rings. The molecular formula is C20H37NO4S. The summed E-state index contributed by atoms with van der Waals surface area (Å²) in [7, 11) is -2.09. The number of aryl methyl sites for hydroxylation is 1. The minimum atomic E-state index is -4.27. The average Bonchev–Trinajstić information content (AvgIpc) is 2.59. The molecule has 5 nitrogen and oxygen atoms in total. The molecule has 6 heteroatoms. The molecule has 1 atom stereocenters. The zero-order valence-corrected chi connectivity index (χ0v) is 17.7. The molecule has 0 aromatic heterocycles. The molecule has 1 aromatic rings. The van der Waals surface area contributed by atoms with E-state index in [0.29, 0.717) is 6.73 Å². The van der Waals surface area contributed by atoms with E-state index in [1.165, 1.54) is 57.1 Å². The first-order chi connectivity index (χ1) is 12.2. The smallest absolute Gasteiger partial charge is 0.180 e. The number of unbranched alkanes of at least 4 members (excludes halogenated alkanes) is 5. The lowest BCUT2D eigenvalue weighted by Gasteiger charge is -2.32. The summed E-state index contributed by atoms with van der Waals surface area (Å²) >= 11 is 0. The van der Waals surface area contributed by atoms with Crippen LogP contribution in [0.5, 0.6) is 0 Å². The van der Waals surface area contributed by atoms with Crippen molar-refractivity contribution >= 4 is 10.1 Å². The molecule has 0 saturated heterocycles. The summed E-state index contributed by atoms with van der Waals surface area (Å²) in [6.07, 6.45) is 9.01. The zero-order valence-electron chi connectivity index (χ0n) is 16.9. The first-order valence-corrected chi connectivity index (χ1v) is 11.1. The standard InChI is InChI=1S/C13H30NO.C7H8O3S/c1-4-6-8-10-12-14(3,13-15)11-9-7-5-2;1-6-2-4-7(5-3-6)11(8,9)10/h15H,4-13H2,1-3H3;2-5H,1H3,(H,8,9,10)/q+1;/p-1. The molecule has 1 unspecified atom stereocenters. The molecule has 0 aliphatic heterocycles. The number of nitrogens with zero attached hydrogens (tertiary/aromatic N) is 1. The number of hydrogen-bond donors (Lipinski definition) is 1. The molecule has 0 bridgehead atoms. The minimum absolute atomic E-state index is 0.178. The zero-order chi connectivity index (χ0) is 20.1. The van der Waals surface area contributed by atoms with Gasteiger partial charge in [0.15, 0.2) is 6.73 Å². The maximum absolute atomic E-state index is 10.4. The summed E-state index contributed by atoms with van der Waals surface area (Å²) in [5.74, 6) is 0. The number of quaternary nitrogens is 1. The molecule has 0 amide bonds. The Morgan fingerprint density at radius 1 is 0.923 bits per heavy atom. The van der Waals surface area contributed by atoms with Gasteiger partial charge < -0.3 is 14.1 Å². The van der Waals surface area contributed by atoms with Crippen LogP contribution in [0.1, 0.15) is 64.4 Å². The lowest BCUT2D eigenvalue weighted by Crippen LogP contribution is -2.46. The highest BCUT2D eigenvalue weighted by molar-refractivity contribution is 7.85. The quantitative estimate of drug-likeness (QED) is 0.269. The van der Waals surface area contributed by atoms with Crippen molar-refractivity contribution in [2.45, 2.75) is 70.6 Å². The van der Waals surface area contributed by atoms with Crippen molar-refractivity contribution in [1.82, 2.24) is 0 Å². The van der Waals surface area contributed by atoms with Crippen molar-refractivity contribution in [3.8, 4) is 0 Å². The highest BCUT2D eigenvalue weighted by atomic mass is 32.2. The van der Waals surface area contributed by atoms with Crippen molar-refractivity contribution in [3.63, 3.8) is 0 Å². The predicted octanol–water partition coefficient (Wildman–Crippen LogP) is 4.05. The van der Waals surface area contributed by atoms with Gasteiger partial charge in [0, 0.05) is 0 Å². The summed E-state index contributed by atoms with van der Waals surface area (Å²) in [5.41, 5.74) is 0.928. The fourth-order valence-corrected chi connectivity index (χ4v) is 3.09. The molecule has 0 spiro atoms. The Morgan fingerprint density at radius 2 is 1.38 bits per heavy atom. The summed E-state index contributed by atoms with van der Waals surface area (Å²) in [5, 5.41) is 9.41. The third-order valence-corrected chi connectivity index (χ3v) is 5.35. The van der Waals surface area contributed by atoms with Crippen molar-refractivity contribution in [1.29, 1.82) is 0 Å². The second-order valence-electron chi connectivity index (χ2n) is 7.24. The molecule has 0 fully saturated rings. The van der Waals surface area contributed by atoms with Crippen LogP contribution < -0.4 is 0 Å². The van der Waals surface area contributed by atoms with E-state index in [4.69, 9.17) is 0 Å². The Labute approximate surface area is 160 Å². The Bertz CT molecular complexity index is 572. The van der Waals surface area contributed by atoms with Crippen LogP contribution in [0.4, 0.5) is 0 Å². The van der Waals surface area contributed by atoms with Gasteiger partial charge in [-0.1, -0.05) is 50.8 Å². The van der Waals surface area contributed by atoms with Crippen LogP contribution in [0.15, 0.2) is 29.2 Å². The third-order valence-electron chi connectivity index (χ3n) is 4.50. The van der Waals surface area contributed by atoms with Gasteiger partial charge in [0.1, 0.15) is 10.1 Å². The van der Waals surface area contributed by atoms with Crippen LogP contribution in [-0.2, 0) is 10.1 Å². The van der Waals surface area contributed by atoms with E-state index in [9.17, 15) is 18.1 Å². The van der Waals surface area contributed by atoms with Crippen molar-refractivity contribution in [3.05, 3.63) is 29.8 Å². The van der Waals surface area contributed by atoms with Gasteiger partial charge in [-0.3, -0.25) is 0 Å². The second kappa shape index (κ2) is 13.3. The number of rotatable bonds is 11. The van der Waals surface area contributed by atoms with Crippen LogP contribution in [0.25, 0.3) is 0 Å². The van der Waals surface area contributed by atoms with Gasteiger partial charge >= 0.3 is 0 Å². The third kappa shape index (κ3) is 11.6. The van der Waals surface area contributed by atoms with E-state index in [1.807, 2.05) is 6.92 Å². The van der Waals surface area contributed by atoms with Gasteiger partial charge in [-0.05, 0) is 44.7 Å². The Kier molecular flexibility index (Phi) is 12.8. The molecule has 1 aromatic carbocycles. The molecule has 1 rings (SSSR count). The molecule has 26 heavy (non-hydrogen) atoms. The fraction of sp³-hybridized carbons (Fsp3) is 0.700. The van der Waals surface area contributed by atoms with Crippen molar-refractivity contribution in [2.24, 2.45) is 0 Å². The lowest BCUT2D eigenvalue weighted by molar-refractivity contribution is -0.927. The SMILES string of the molecule is CCCCCC[N+](C)(CO)CCCCC.Cc1ccc(S(=O)(=O)[O-])cc1. The van der Waals surface area contributed by atoms with Crippen LogP contribution in [-0.4, -0.2) is 49.4 Å². The van der Waals surface area contributed by atoms with Crippen LogP contribution in [0, 0.1) is 6.92 Å². The summed E-state index contributed by atoms with van der Waals surface area (Å²) in [6, 6.07) is 5.78. The molecular weight excluding hydrogens is 350 g/mol. The van der Waals surface area contributed by atoms with Crippen molar-refractivity contribution in [2.75, 3.05) is 26.9 Å². The maximum atomic E-state index is 10.4. The Morgan fingerprint density at radius 3 is 1.81 bits per heavy atom. The average molecular weight is 388 g/mol. The Hall–Kier alpha value is -0.950. The monoisotopic (exact) mass is 387 g/mol. The van der Waals surface area contributed by atoms with E-state index < -0.39 is 10.1 Å². The largest absolute Gasteiger partial charge is 0.744 e. The highest BCUT2D eigenvalue weighted by Crippen LogP contribution is 2.10. The highest BCUT2D eigenvalue weighted by Gasteiger charge is 2.18. The van der Waals surface area contributed by atoms with E-state index in [0.717, 1.165) is 23.1 Å². The van der Waals surface area contributed by atoms with Crippen LogP contribution in [0.3, 0.4) is 0 Å². The van der Waals surface area contributed by atoms with Gasteiger partial charge in [-0.15, -0.1) is 0 Å². The fourth-order valence-electron chi connectivity index (χ4n) is 2.62.